The second-order valence-electron chi connectivity index (χ2n) is 4.04. The van der Waals surface area contributed by atoms with Gasteiger partial charge in [0.1, 0.15) is 5.75 Å². The number of nitrogens with two attached hydrogens (primary N) is 1. The molecule has 6 N–H and O–H groups in total. The quantitative estimate of drug-likeness (QED) is 0.432. The third-order valence-electron chi connectivity index (χ3n) is 2.49. The maximum atomic E-state index is 11.4. The van der Waals surface area contributed by atoms with E-state index in [0.29, 0.717) is 0 Å². The molecule has 6 heteroatoms. The molecule has 2 unspecified atom stereocenters. The van der Waals surface area contributed by atoms with Gasteiger partial charge >= 0.3 is 0 Å². The first-order valence-corrected chi connectivity index (χ1v) is 5.84. The highest BCUT2D eigenvalue weighted by molar-refractivity contribution is 5.91. The van der Waals surface area contributed by atoms with Gasteiger partial charge in [-0.25, -0.2) is 0 Å². The maximum absolute atomic E-state index is 11.4. The average molecular weight is 266 g/mol. The molecule has 0 radical (unpaired) electrons. The van der Waals surface area contributed by atoms with Crippen LogP contribution < -0.4 is 11.1 Å². The Labute approximate surface area is 111 Å². The molecule has 1 aromatic carbocycles. The Morgan fingerprint density at radius 1 is 1.26 bits per heavy atom. The van der Waals surface area contributed by atoms with Crippen molar-refractivity contribution in [1.82, 2.24) is 5.32 Å². The van der Waals surface area contributed by atoms with Gasteiger partial charge in [0.25, 0.3) is 0 Å². The summed E-state index contributed by atoms with van der Waals surface area (Å²) in [5, 5.41) is 30.1. The first kappa shape index (κ1) is 15.2. The molecule has 1 aromatic rings. The predicted molar refractivity (Wildman–Crippen MR) is 71.2 cm³/mol. The van der Waals surface area contributed by atoms with Gasteiger partial charge in [-0.05, 0) is 23.8 Å². The van der Waals surface area contributed by atoms with E-state index in [0.717, 1.165) is 5.56 Å². The molecule has 0 saturated heterocycles. The van der Waals surface area contributed by atoms with E-state index < -0.39 is 18.1 Å². The van der Waals surface area contributed by atoms with Crippen LogP contribution >= 0.6 is 0 Å². The topological polar surface area (TPSA) is 116 Å². The molecule has 1 rings (SSSR count). The SMILES string of the molecule is NCC(O)C(O)CNC(=O)C=Cc1ccc(O)cc1. The monoisotopic (exact) mass is 266 g/mol. The van der Waals surface area contributed by atoms with Crippen LogP contribution in [0.1, 0.15) is 5.56 Å². The Kier molecular flexibility index (Phi) is 6.01. The number of aliphatic hydroxyl groups excluding tert-OH is 2. The van der Waals surface area contributed by atoms with E-state index in [9.17, 15) is 15.0 Å². The van der Waals surface area contributed by atoms with Crippen LogP contribution in [0, 0.1) is 0 Å². The van der Waals surface area contributed by atoms with Gasteiger partial charge in [-0.15, -0.1) is 0 Å². The molecule has 0 aliphatic rings. The molecule has 0 saturated carbocycles. The van der Waals surface area contributed by atoms with E-state index in [4.69, 9.17) is 10.8 Å². The van der Waals surface area contributed by atoms with Crippen molar-refractivity contribution in [2.24, 2.45) is 5.73 Å². The molecule has 0 aliphatic heterocycles. The number of carbonyl (C=O) groups is 1. The number of carbonyl (C=O) groups excluding carboxylic acids is 1. The van der Waals surface area contributed by atoms with Crippen LogP contribution in [0.2, 0.25) is 0 Å². The lowest BCUT2D eigenvalue weighted by Crippen LogP contribution is -2.41. The number of phenols is 1. The Morgan fingerprint density at radius 3 is 2.47 bits per heavy atom. The van der Waals surface area contributed by atoms with Crippen molar-refractivity contribution in [1.29, 1.82) is 0 Å². The molecular formula is C13H18N2O4. The summed E-state index contributed by atoms with van der Waals surface area (Å²) in [5.74, 6) is -0.239. The maximum Gasteiger partial charge on any atom is 0.244 e. The Bertz CT molecular complexity index is 431. The lowest BCUT2D eigenvalue weighted by Gasteiger charge is -2.15. The molecule has 0 spiro atoms. The minimum Gasteiger partial charge on any atom is -0.508 e. The first-order chi connectivity index (χ1) is 9.02. The lowest BCUT2D eigenvalue weighted by atomic mass is 10.2. The second kappa shape index (κ2) is 7.52. The second-order valence-corrected chi connectivity index (χ2v) is 4.04. The van der Waals surface area contributed by atoms with Gasteiger partial charge in [-0.1, -0.05) is 12.1 Å². The number of rotatable bonds is 6. The lowest BCUT2D eigenvalue weighted by molar-refractivity contribution is -0.117. The van der Waals surface area contributed by atoms with Crippen molar-refractivity contribution < 1.29 is 20.1 Å². The molecule has 0 heterocycles. The average Bonchev–Trinajstić information content (AvgIpc) is 2.43. The summed E-state index contributed by atoms with van der Waals surface area (Å²) in [6, 6.07) is 6.34. The van der Waals surface area contributed by atoms with E-state index in [-0.39, 0.29) is 18.8 Å². The number of amides is 1. The molecular weight excluding hydrogens is 248 g/mol. The number of phenolic OH excluding ortho intramolecular Hbond substituents is 1. The van der Waals surface area contributed by atoms with Crippen LogP contribution in [-0.2, 0) is 4.79 Å². The minimum atomic E-state index is -1.09. The summed E-state index contributed by atoms with van der Waals surface area (Å²) in [5.41, 5.74) is 5.93. The number of benzene rings is 1. The highest BCUT2D eigenvalue weighted by atomic mass is 16.3. The van der Waals surface area contributed by atoms with Crippen molar-refractivity contribution in [3.05, 3.63) is 35.9 Å². The van der Waals surface area contributed by atoms with Crippen molar-refractivity contribution in [3.8, 4) is 5.75 Å². The standard InChI is InChI=1S/C13H18N2O4/c14-7-11(17)12(18)8-15-13(19)6-3-9-1-4-10(16)5-2-9/h1-6,11-12,16-18H,7-8,14H2,(H,15,19). The fraction of sp³-hybridized carbons (Fsp3) is 0.308. The molecule has 0 aromatic heterocycles. The summed E-state index contributed by atoms with van der Waals surface area (Å²) in [6.07, 6.45) is 0.728. The summed E-state index contributed by atoms with van der Waals surface area (Å²) >= 11 is 0. The van der Waals surface area contributed by atoms with E-state index in [2.05, 4.69) is 5.32 Å². The summed E-state index contributed by atoms with van der Waals surface area (Å²) in [6.45, 7) is -0.141. The number of hydrogen-bond acceptors (Lipinski definition) is 5. The highest BCUT2D eigenvalue weighted by Crippen LogP contribution is 2.10. The molecule has 1 amide bonds. The summed E-state index contributed by atoms with van der Waals surface area (Å²) in [7, 11) is 0. The number of aliphatic hydroxyl groups is 2. The van der Waals surface area contributed by atoms with Crippen molar-refractivity contribution in [2.45, 2.75) is 12.2 Å². The molecule has 0 fully saturated rings. The zero-order chi connectivity index (χ0) is 14.3. The number of hydrogen-bond donors (Lipinski definition) is 5. The van der Waals surface area contributed by atoms with E-state index in [1.54, 1.807) is 18.2 Å². The van der Waals surface area contributed by atoms with Crippen LogP contribution in [0.25, 0.3) is 6.08 Å². The van der Waals surface area contributed by atoms with Gasteiger partial charge in [0, 0.05) is 19.2 Å². The number of nitrogens with one attached hydrogen (secondary N) is 1. The molecule has 6 nitrogen and oxygen atoms in total. The predicted octanol–water partition coefficient (Wildman–Crippen LogP) is -0.798. The van der Waals surface area contributed by atoms with E-state index >= 15 is 0 Å². The van der Waals surface area contributed by atoms with E-state index in [1.807, 2.05) is 0 Å². The van der Waals surface area contributed by atoms with Gasteiger partial charge < -0.3 is 26.4 Å². The van der Waals surface area contributed by atoms with Crippen LogP contribution in [0.4, 0.5) is 0 Å². The van der Waals surface area contributed by atoms with E-state index in [1.165, 1.54) is 18.2 Å². The normalized spacial score (nSPS) is 14.3. The van der Waals surface area contributed by atoms with Crippen LogP contribution in [0.5, 0.6) is 5.75 Å². The Morgan fingerprint density at radius 2 is 1.89 bits per heavy atom. The number of aromatic hydroxyl groups is 1. The highest BCUT2D eigenvalue weighted by Gasteiger charge is 2.14. The van der Waals surface area contributed by atoms with Crippen molar-refractivity contribution in [2.75, 3.05) is 13.1 Å². The van der Waals surface area contributed by atoms with Crippen LogP contribution in [-0.4, -0.2) is 46.5 Å². The third kappa shape index (κ3) is 5.52. The first-order valence-electron chi connectivity index (χ1n) is 5.84. The Hall–Kier alpha value is -1.89. The minimum absolute atomic E-state index is 0.0691. The third-order valence-corrected chi connectivity index (χ3v) is 2.49. The summed E-state index contributed by atoms with van der Waals surface area (Å²) in [4.78, 5) is 11.4. The summed E-state index contributed by atoms with van der Waals surface area (Å²) < 4.78 is 0. The molecule has 104 valence electrons. The molecule has 19 heavy (non-hydrogen) atoms. The van der Waals surface area contributed by atoms with Gasteiger partial charge in [0.15, 0.2) is 0 Å². The van der Waals surface area contributed by atoms with Crippen LogP contribution in [0.3, 0.4) is 0 Å². The fourth-order valence-electron chi connectivity index (χ4n) is 1.31. The van der Waals surface area contributed by atoms with Gasteiger partial charge in [0.05, 0.1) is 12.2 Å². The van der Waals surface area contributed by atoms with Crippen molar-refractivity contribution >= 4 is 12.0 Å². The van der Waals surface area contributed by atoms with Crippen molar-refractivity contribution in [3.63, 3.8) is 0 Å². The molecule has 0 bridgehead atoms. The zero-order valence-electron chi connectivity index (χ0n) is 10.4. The van der Waals surface area contributed by atoms with Gasteiger partial charge in [-0.2, -0.15) is 0 Å². The fourth-order valence-corrected chi connectivity index (χ4v) is 1.31. The molecule has 2 atom stereocenters. The van der Waals surface area contributed by atoms with Gasteiger partial charge in [-0.3, -0.25) is 4.79 Å². The molecule has 0 aliphatic carbocycles. The Balaban J connectivity index is 2.41. The smallest absolute Gasteiger partial charge is 0.244 e. The van der Waals surface area contributed by atoms with Crippen LogP contribution in [0.15, 0.2) is 30.3 Å². The largest absolute Gasteiger partial charge is 0.508 e. The van der Waals surface area contributed by atoms with Gasteiger partial charge in [0.2, 0.25) is 5.91 Å². The zero-order valence-corrected chi connectivity index (χ0v) is 10.4.